The van der Waals surface area contributed by atoms with Crippen molar-refractivity contribution in [3.05, 3.63) is 48.1 Å². The Morgan fingerprint density at radius 2 is 1.68 bits per heavy atom. The lowest BCUT2D eigenvalue weighted by Crippen LogP contribution is -2.58. The molecule has 0 saturated heterocycles. The van der Waals surface area contributed by atoms with Crippen molar-refractivity contribution < 1.29 is 33.4 Å². The van der Waals surface area contributed by atoms with E-state index < -0.39 is 10.2 Å². The minimum absolute atomic E-state index is 0.978. The zero-order valence-corrected chi connectivity index (χ0v) is 12.2. The highest BCUT2D eigenvalue weighted by Gasteiger charge is 2.00. The molecular formula is C13H21ClNO4+. The highest BCUT2D eigenvalue weighted by atomic mass is 35.7. The van der Waals surface area contributed by atoms with E-state index in [4.69, 9.17) is 18.6 Å². The van der Waals surface area contributed by atoms with E-state index in [0.717, 1.165) is 17.4 Å². The summed E-state index contributed by atoms with van der Waals surface area (Å²) in [6.07, 6.45) is 16.3. The molecule has 0 aromatic heterocycles. The largest absolute Gasteiger partial charge is 0.328 e. The molecule has 19 heavy (non-hydrogen) atoms. The average Bonchev–Trinajstić information content (AvgIpc) is 2.22. The molecule has 0 amide bonds. The van der Waals surface area contributed by atoms with E-state index >= 15 is 0 Å². The zero-order chi connectivity index (χ0) is 14.9. The number of hydrogen-bond acceptors (Lipinski definition) is 4. The van der Waals surface area contributed by atoms with Gasteiger partial charge in [0, 0.05) is 0 Å². The number of quaternary nitrogens is 1. The Kier molecular flexibility index (Phi) is 7.85. The van der Waals surface area contributed by atoms with Crippen LogP contribution in [0.3, 0.4) is 0 Å². The van der Waals surface area contributed by atoms with Crippen molar-refractivity contribution in [3.8, 4) is 0 Å². The van der Waals surface area contributed by atoms with Crippen LogP contribution in [0.25, 0.3) is 0 Å². The standard InChI is InChI=1S/C13H20N.ClHO4/c1-14(2,3)12-8-7-11-13-9-5-4-6-10-13;2-1(3,4)5/h5-11H,4,12H2,1-3H3;(H,2,3,4,5)/q+1;/b8-7+;. The van der Waals surface area contributed by atoms with Crippen LogP contribution in [0.2, 0.25) is 0 Å². The summed E-state index contributed by atoms with van der Waals surface area (Å²) in [7, 11) is 1.88. The lowest BCUT2D eigenvalue weighted by molar-refractivity contribution is -1.92. The molecule has 0 unspecified atom stereocenters. The molecule has 0 atom stereocenters. The molecule has 0 aliphatic heterocycles. The van der Waals surface area contributed by atoms with Crippen molar-refractivity contribution in [2.75, 3.05) is 27.7 Å². The highest BCUT2D eigenvalue weighted by molar-refractivity contribution is 5.36. The van der Waals surface area contributed by atoms with Crippen LogP contribution in [0, 0.1) is 10.2 Å². The Hall–Kier alpha value is -0.950. The van der Waals surface area contributed by atoms with Gasteiger partial charge in [-0.25, -0.2) is 0 Å². The SMILES string of the molecule is C[N+](C)(C)C/C=C/C=C1C=CCC=C1.[O-][Cl+3]([O-])([O-])O. The van der Waals surface area contributed by atoms with Gasteiger partial charge in [-0.15, -0.1) is 0 Å². The Morgan fingerprint density at radius 3 is 2.11 bits per heavy atom. The molecule has 1 aliphatic carbocycles. The molecule has 0 radical (unpaired) electrons. The summed E-state index contributed by atoms with van der Waals surface area (Å²) in [5, 5.41) is 0. The number of nitrogens with zero attached hydrogens (tertiary/aromatic N) is 1. The first kappa shape index (κ1) is 18.0. The molecule has 6 heteroatoms. The first-order chi connectivity index (χ1) is 8.58. The normalized spacial score (nSPS) is 15.4. The van der Waals surface area contributed by atoms with E-state index in [2.05, 4.69) is 63.7 Å². The topological polar surface area (TPSA) is 89.4 Å². The first-order valence-electron chi connectivity index (χ1n) is 5.71. The van der Waals surface area contributed by atoms with Gasteiger partial charge in [-0.2, -0.15) is 14.0 Å². The van der Waals surface area contributed by atoms with Crippen LogP contribution < -0.4 is 14.0 Å². The maximum absolute atomic E-state index is 8.60. The van der Waals surface area contributed by atoms with Gasteiger partial charge in [0.15, 0.2) is 0 Å². The van der Waals surface area contributed by atoms with Gasteiger partial charge < -0.3 is 4.48 Å². The molecule has 5 nitrogen and oxygen atoms in total. The second-order valence-electron chi connectivity index (χ2n) is 5.00. The second kappa shape index (κ2) is 8.27. The third kappa shape index (κ3) is 17.1. The minimum atomic E-state index is -4.69. The number of rotatable bonds is 3. The number of hydrogen-bond donors (Lipinski definition) is 1. The molecule has 108 valence electrons. The summed E-state index contributed by atoms with van der Waals surface area (Å²) in [5.41, 5.74) is 1.29. The van der Waals surface area contributed by atoms with Crippen LogP contribution >= 0.6 is 0 Å². The zero-order valence-electron chi connectivity index (χ0n) is 11.5. The minimum Gasteiger partial charge on any atom is -0.328 e. The van der Waals surface area contributed by atoms with Gasteiger partial charge in [-0.05, 0) is 18.1 Å². The Morgan fingerprint density at radius 1 is 1.21 bits per heavy atom. The fourth-order valence-electron chi connectivity index (χ4n) is 1.21. The summed E-state index contributed by atoms with van der Waals surface area (Å²) < 4.78 is 33.7. The molecule has 0 aromatic rings. The van der Waals surface area contributed by atoms with Gasteiger partial charge in [0.2, 0.25) is 0 Å². The van der Waals surface area contributed by atoms with Crippen LogP contribution in [0.5, 0.6) is 0 Å². The van der Waals surface area contributed by atoms with Crippen LogP contribution in [-0.2, 0) is 0 Å². The van der Waals surface area contributed by atoms with Crippen LogP contribution in [0.4, 0.5) is 0 Å². The monoisotopic (exact) mass is 290 g/mol. The molecule has 1 rings (SSSR count). The molecule has 0 fully saturated rings. The summed E-state index contributed by atoms with van der Waals surface area (Å²) in [6.45, 7) is 1.07. The molecule has 0 heterocycles. The van der Waals surface area contributed by atoms with Crippen molar-refractivity contribution in [1.29, 1.82) is 0 Å². The number of halogens is 1. The fourth-order valence-corrected chi connectivity index (χ4v) is 1.21. The van der Waals surface area contributed by atoms with E-state index in [-0.39, 0.29) is 0 Å². The maximum atomic E-state index is 8.60. The number of allylic oxidation sites excluding steroid dienone is 7. The molecule has 0 spiro atoms. The van der Waals surface area contributed by atoms with E-state index in [0.29, 0.717) is 0 Å². The lowest BCUT2D eigenvalue weighted by Gasteiger charge is -2.21. The molecular weight excluding hydrogens is 270 g/mol. The third-order valence-corrected chi connectivity index (χ3v) is 1.97. The predicted octanol–water partition coefficient (Wildman–Crippen LogP) is -1.43. The van der Waals surface area contributed by atoms with Gasteiger partial charge in [0.05, 0.1) is 42.6 Å². The van der Waals surface area contributed by atoms with E-state index in [1.54, 1.807) is 0 Å². The Bertz CT molecular complexity index is 353. The molecule has 1 aliphatic rings. The van der Waals surface area contributed by atoms with E-state index in [1.807, 2.05) is 0 Å². The van der Waals surface area contributed by atoms with Crippen molar-refractivity contribution in [2.45, 2.75) is 6.42 Å². The summed E-state index contributed by atoms with van der Waals surface area (Å²) in [6, 6.07) is 0. The predicted molar refractivity (Wildman–Crippen MR) is 65.2 cm³/mol. The van der Waals surface area contributed by atoms with E-state index in [1.165, 1.54) is 5.57 Å². The van der Waals surface area contributed by atoms with Crippen molar-refractivity contribution >= 4 is 0 Å². The Balaban J connectivity index is 0.000000555. The Labute approximate surface area is 116 Å². The fraction of sp³-hybridized carbons (Fsp3) is 0.385. The van der Waals surface area contributed by atoms with Crippen molar-refractivity contribution in [3.63, 3.8) is 0 Å². The lowest BCUT2D eigenvalue weighted by atomic mass is 10.1. The van der Waals surface area contributed by atoms with Crippen LogP contribution in [0.15, 0.2) is 48.1 Å². The van der Waals surface area contributed by atoms with Gasteiger partial charge in [0.1, 0.15) is 0 Å². The summed E-state index contributed by atoms with van der Waals surface area (Å²) in [4.78, 5) is 0. The molecule has 1 N–H and O–H groups in total. The third-order valence-electron chi connectivity index (χ3n) is 1.97. The van der Waals surface area contributed by atoms with Gasteiger partial charge in [-0.1, -0.05) is 36.5 Å². The van der Waals surface area contributed by atoms with Gasteiger partial charge in [0.25, 0.3) is 0 Å². The smallest absolute Gasteiger partial charge is 0.0970 e. The molecule has 0 aromatic carbocycles. The second-order valence-corrected chi connectivity index (χ2v) is 5.80. The van der Waals surface area contributed by atoms with Gasteiger partial charge in [-0.3, -0.25) is 0 Å². The quantitative estimate of drug-likeness (QED) is 0.645. The summed E-state index contributed by atoms with van der Waals surface area (Å²) in [5.74, 6) is 0. The number of likely N-dealkylation sites (N-methyl/N-ethyl adjacent to an activating group) is 1. The highest BCUT2D eigenvalue weighted by Crippen LogP contribution is 2.07. The van der Waals surface area contributed by atoms with E-state index in [9.17, 15) is 0 Å². The van der Waals surface area contributed by atoms with Crippen LogP contribution in [0.1, 0.15) is 6.42 Å². The first-order valence-corrected chi connectivity index (χ1v) is 6.98. The van der Waals surface area contributed by atoms with Crippen molar-refractivity contribution in [1.82, 2.24) is 0 Å². The average molecular weight is 291 g/mol. The van der Waals surface area contributed by atoms with Crippen LogP contribution in [-0.4, -0.2) is 36.8 Å². The van der Waals surface area contributed by atoms with Crippen molar-refractivity contribution in [2.24, 2.45) is 0 Å². The molecule has 0 saturated carbocycles. The molecule has 0 bridgehead atoms. The summed E-state index contributed by atoms with van der Waals surface area (Å²) >= 11 is 0. The van der Waals surface area contributed by atoms with Gasteiger partial charge >= 0.3 is 0 Å². The maximum Gasteiger partial charge on any atom is 0.0970 e.